The molecular formula is C13H11BrClNO2S. The zero-order chi connectivity index (χ0) is 13.8. The molecule has 0 aliphatic rings. The summed E-state index contributed by atoms with van der Waals surface area (Å²) >= 11 is 10.9. The predicted molar refractivity (Wildman–Crippen MR) is 81.2 cm³/mol. The summed E-state index contributed by atoms with van der Waals surface area (Å²) in [5.74, 6) is -0.256. The molecule has 100 valence electrons. The van der Waals surface area contributed by atoms with Crippen LogP contribution in [0.4, 0.5) is 0 Å². The normalized spacial score (nSPS) is 10.4. The van der Waals surface area contributed by atoms with Crippen LogP contribution in [0, 0.1) is 0 Å². The summed E-state index contributed by atoms with van der Waals surface area (Å²) in [6.45, 7) is 0.526. The van der Waals surface area contributed by atoms with Gasteiger partial charge in [0, 0.05) is 11.4 Å². The summed E-state index contributed by atoms with van der Waals surface area (Å²) in [5, 5.41) is 12.5. The molecule has 0 radical (unpaired) electrons. The first-order valence-corrected chi connectivity index (χ1v) is 7.56. The van der Waals surface area contributed by atoms with Gasteiger partial charge in [-0.25, -0.2) is 0 Å². The SMILES string of the molecule is O=C(NCCc1ccc(Br)s1)c1cc(O)ccc1Cl. The van der Waals surface area contributed by atoms with E-state index >= 15 is 0 Å². The standard InChI is InChI=1S/C13H11BrClNO2S/c14-12-4-2-9(19-12)5-6-16-13(18)10-7-8(17)1-3-11(10)15/h1-4,7,17H,5-6H2,(H,16,18). The summed E-state index contributed by atoms with van der Waals surface area (Å²) in [6.07, 6.45) is 0.762. The highest BCUT2D eigenvalue weighted by molar-refractivity contribution is 9.11. The van der Waals surface area contributed by atoms with Gasteiger partial charge in [0.2, 0.25) is 0 Å². The van der Waals surface area contributed by atoms with Crippen LogP contribution in [-0.4, -0.2) is 17.6 Å². The van der Waals surface area contributed by atoms with E-state index in [0.717, 1.165) is 10.2 Å². The largest absolute Gasteiger partial charge is 0.508 e. The second kappa shape index (κ2) is 6.41. The summed E-state index contributed by atoms with van der Waals surface area (Å²) in [6, 6.07) is 8.31. The van der Waals surface area contributed by atoms with E-state index in [4.69, 9.17) is 11.6 Å². The molecule has 1 amide bonds. The Bertz CT molecular complexity index is 600. The Balaban J connectivity index is 1.92. The second-order valence-corrected chi connectivity index (χ2v) is 6.83. The van der Waals surface area contributed by atoms with Gasteiger partial charge in [0.05, 0.1) is 14.4 Å². The van der Waals surface area contributed by atoms with Crippen LogP contribution >= 0.6 is 38.9 Å². The number of benzene rings is 1. The fourth-order valence-electron chi connectivity index (χ4n) is 1.57. The Morgan fingerprint density at radius 2 is 2.16 bits per heavy atom. The third-order valence-electron chi connectivity index (χ3n) is 2.48. The highest BCUT2D eigenvalue weighted by atomic mass is 79.9. The van der Waals surface area contributed by atoms with Gasteiger partial charge in [-0.15, -0.1) is 11.3 Å². The molecule has 3 nitrogen and oxygen atoms in total. The maximum atomic E-state index is 11.9. The van der Waals surface area contributed by atoms with Crippen LogP contribution in [0.25, 0.3) is 0 Å². The maximum absolute atomic E-state index is 11.9. The van der Waals surface area contributed by atoms with Crippen LogP contribution in [0.3, 0.4) is 0 Å². The van der Waals surface area contributed by atoms with Crippen LogP contribution in [0.5, 0.6) is 5.75 Å². The van der Waals surface area contributed by atoms with Crippen LogP contribution in [0.1, 0.15) is 15.2 Å². The number of rotatable bonds is 4. The lowest BCUT2D eigenvalue weighted by Gasteiger charge is -2.06. The number of halogens is 2. The van der Waals surface area contributed by atoms with E-state index < -0.39 is 0 Å². The van der Waals surface area contributed by atoms with Crippen molar-refractivity contribution in [1.29, 1.82) is 0 Å². The smallest absolute Gasteiger partial charge is 0.252 e. The first kappa shape index (κ1) is 14.4. The molecule has 0 fully saturated rings. The third-order valence-corrected chi connectivity index (χ3v) is 4.49. The summed E-state index contributed by atoms with van der Waals surface area (Å²) in [4.78, 5) is 13.1. The number of phenols is 1. The number of hydrogen-bond acceptors (Lipinski definition) is 3. The molecule has 0 bridgehead atoms. The van der Waals surface area contributed by atoms with Gasteiger partial charge in [-0.3, -0.25) is 4.79 Å². The zero-order valence-electron chi connectivity index (χ0n) is 9.82. The van der Waals surface area contributed by atoms with Gasteiger partial charge >= 0.3 is 0 Å². The lowest BCUT2D eigenvalue weighted by Crippen LogP contribution is -2.25. The Morgan fingerprint density at radius 1 is 1.37 bits per heavy atom. The molecule has 2 aromatic rings. The van der Waals surface area contributed by atoms with E-state index in [0.29, 0.717) is 11.6 Å². The van der Waals surface area contributed by atoms with Crippen molar-refractivity contribution in [3.8, 4) is 5.75 Å². The van der Waals surface area contributed by atoms with Crippen molar-refractivity contribution >= 4 is 44.8 Å². The Labute approximate surface area is 128 Å². The summed E-state index contributed by atoms with van der Waals surface area (Å²) in [7, 11) is 0. The Hall–Kier alpha value is -1.04. The molecule has 19 heavy (non-hydrogen) atoms. The molecule has 0 saturated heterocycles. The Kier molecular flexibility index (Phi) is 4.85. The number of thiophene rings is 1. The monoisotopic (exact) mass is 359 g/mol. The van der Waals surface area contributed by atoms with Crippen LogP contribution in [0.15, 0.2) is 34.1 Å². The van der Waals surface area contributed by atoms with E-state index in [1.54, 1.807) is 11.3 Å². The van der Waals surface area contributed by atoms with E-state index in [-0.39, 0.29) is 17.2 Å². The van der Waals surface area contributed by atoms with Gasteiger partial charge in [-0.2, -0.15) is 0 Å². The van der Waals surface area contributed by atoms with Crippen LogP contribution < -0.4 is 5.32 Å². The molecule has 0 aliphatic carbocycles. The predicted octanol–water partition coefficient (Wildman–Crippen LogP) is 3.84. The van der Waals surface area contributed by atoms with Crippen molar-refractivity contribution < 1.29 is 9.90 Å². The maximum Gasteiger partial charge on any atom is 0.252 e. The lowest BCUT2D eigenvalue weighted by molar-refractivity contribution is 0.0954. The molecule has 2 N–H and O–H groups in total. The quantitative estimate of drug-likeness (QED) is 0.870. The van der Waals surface area contributed by atoms with Gasteiger partial charge in [0.1, 0.15) is 5.75 Å². The molecule has 0 unspecified atom stereocenters. The number of nitrogens with one attached hydrogen (secondary N) is 1. The number of phenolic OH excluding ortho intramolecular Hbond substituents is 1. The average Bonchev–Trinajstić information content (AvgIpc) is 2.78. The van der Waals surface area contributed by atoms with E-state index in [1.165, 1.54) is 23.1 Å². The molecule has 2 rings (SSSR count). The number of aromatic hydroxyl groups is 1. The molecular weight excluding hydrogens is 350 g/mol. The minimum atomic E-state index is -0.281. The molecule has 0 spiro atoms. The second-order valence-electron chi connectivity index (χ2n) is 3.88. The van der Waals surface area contributed by atoms with Crippen molar-refractivity contribution in [3.63, 3.8) is 0 Å². The van der Waals surface area contributed by atoms with Crippen LogP contribution in [-0.2, 0) is 6.42 Å². The van der Waals surface area contributed by atoms with Gasteiger partial charge < -0.3 is 10.4 Å². The highest BCUT2D eigenvalue weighted by Gasteiger charge is 2.10. The first-order chi connectivity index (χ1) is 9.06. The van der Waals surface area contributed by atoms with Crippen LogP contribution in [0.2, 0.25) is 5.02 Å². The molecule has 1 aromatic carbocycles. The lowest BCUT2D eigenvalue weighted by atomic mass is 10.2. The number of hydrogen-bond donors (Lipinski definition) is 2. The minimum Gasteiger partial charge on any atom is -0.508 e. The van der Waals surface area contributed by atoms with Crippen molar-refractivity contribution in [1.82, 2.24) is 5.32 Å². The van der Waals surface area contributed by atoms with E-state index in [9.17, 15) is 9.90 Å². The van der Waals surface area contributed by atoms with Gasteiger partial charge in [0.15, 0.2) is 0 Å². The zero-order valence-corrected chi connectivity index (χ0v) is 13.0. The summed E-state index contributed by atoms with van der Waals surface area (Å²) < 4.78 is 1.07. The van der Waals surface area contributed by atoms with Crippen molar-refractivity contribution in [2.45, 2.75) is 6.42 Å². The molecule has 0 aliphatic heterocycles. The van der Waals surface area contributed by atoms with Crippen molar-refractivity contribution in [2.75, 3.05) is 6.54 Å². The molecule has 0 atom stereocenters. The molecule has 6 heteroatoms. The molecule has 1 heterocycles. The van der Waals surface area contributed by atoms with E-state index in [1.807, 2.05) is 12.1 Å². The third kappa shape index (κ3) is 3.96. The fraction of sp³-hybridized carbons (Fsp3) is 0.154. The van der Waals surface area contributed by atoms with Gasteiger partial charge in [0.25, 0.3) is 5.91 Å². The first-order valence-electron chi connectivity index (χ1n) is 5.57. The average molecular weight is 361 g/mol. The van der Waals surface area contributed by atoms with Crippen molar-refractivity contribution in [3.05, 3.63) is 49.6 Å². The van der Waals surface area contributed by atoms with E-state index in [2.05, 4.69) is 21.2 Å². The number of amides is 1. The highest BCUT2D eigenvalue weighted by Crippen LogP contribution is 2.23. The topological polar surface area (TPSA) is 49.3 Å². The number of carbonyl (C=O) groups excluding carboxylic acids is 1. The summed E-state index contributed by atoms with van der Waals surface area (Å²) in [5.41, 5.74) is 0.286. The van der Waals surface area contributed by atoms with Gasteiger partial charge in [-0.1, -0.05) is 11.6 Å². The fourth-order valence-corrected chi connectivity index (χ4v) is 3.25. The number of carbonyl (C=O) groups is 1. The molecule has 0 saturated carbocycles. The molecule has 1 aromatic heterocycles. The Morgan fingerprint density at radius 3 is 2.84 bits per heavy atom. The minimum absolute atomic E-state index is 0.0248. The van der Waals surface area contributed by atoms with Crippen molar-refractivity contribution in [2.24, 2.45) is 0 Å². The van der Waals surface area contributed by atoms with Gasteiger partial charge in [-0.05, 0) is 52.7 Å².